The van der Waals surface area contributed by atoms with Crippen molar-refractivity contribution < 1.29 is 17.2 Å². The first-order valence-electron chi connectivity index (χ1n) is 6.56. The van der Waals surface area contributed by atoms with Gasteiger partial charge in [0.2, 0.25) is 0 Å². The molecule has 0 aromatic heterocycles. The van der Waals surface area contributed by atoms with E-state index in [1.54, 1.807) is 36.2 Å². The summed E-state index contributed by atoms with van der Waals surface area (Å²) < 4.78 is 47.5. The quantitative estimate of drug-likeness (QED) is 0.653. The van der Waals surface area contributed by atoms with Gasteiger partial charge in [-0.3, -0.25) is 0 Å². The van der Waals surface area contributed by atoms with Crippen LogP contribution in [0.3, 0.4) is 0 Å². The standard InChI is InChI=1S/C13H16F2N2O2S3/c1-17(10-6-7-22(18,19)8-10)13(20)16-9-2-4-11(5-3-9)21-12(14)15/h2-5,10,12H,6-8H2,1H3,(H,16,20)/t10-/m0/s1. The van der Waals surface area contributed by atoms with Gasteiger partial charge in [-0.1, -0.05) is 11.8 Å². The molecular weight excluding hydrogens is 350 g/mol. The summed E-state index contributed by atoms with van der Waals surface area (Å²) in [7, 11) is -1.22. The molecule has 1 fully saturated rings. The van der Waals surface area contributed by atoms with Crippen LogP contribution in [0.2, 0.25) is 0 Å². The van der Waals surface area contributed by atoms with Crippen molar-refractivity contribution in [3.05, 3.63) is 24.3 Å². The van der Waals surface area contributed by atoms with Crippen LogP contribution in [0.1, 0.15) is 6.42 Å². The molecule has 1 heterocycles. The molecule has 0 spiro atoms. The number of hydrogen-bond donors (Lipinski definition) is 1. The van der Waals surface area contributed by atoms with Crippen LogP contribution in [-0.4, -0.2) is 48.8 Å². The molecule has 2 rings (SSSR count). The fourth-order valence-electron chi connectivity index (χ4n) is 2.18. The molecule has 1 aromatic rings. The lowest BCUT2D eigenvalue weighted by atomic mass is 10.2. The number of benzene rings is 1. The van der Waals surface area contributed by atoms with Crippen molar-refractivity contribution in [3.63, 3.8) is 0 Å². The molecule has 0 saturated carbocycles. The van der Waals surface area contributed by atoms with Crippen LogP contribution in [0.15, 0.2) is 29.2 Å². The summed E-state index contributed by atoms with van der Waals surface area (Å²) in [5, 5.41) is 3.41. The maximum atomic E-state index is 12.2. The highest BCUT2D eigenvalue weighted by molar-refractivity contribution is 7.99. The van der Waals surface area contributed by atoms with Crippen molar-refractivity contribution in [1.29, 1.82) is 0 Å². The van der Waals surface area contributed by atoms with Crippen molar-refractivity contribution >= 4 is 44.6 Å². The number of rotatable bonds is 4. The molecule has 1 aliphatic rings. The van der Waals surface area contributed by atoms with E-state index < -0.39 is 15.6 Å². The lowest BCUT2D eigenvalue weighted by Crippen LogP contribution is -2.40. The average Bonchev–Trinajstić information content (AvgIpc) is 2.80. The topological polar surface area (TPSA) is 49.4 Å². The van der Waals surface area contributed by atoms with E-state index in [0.29, 0.717) is 33.9 Å². The zero-order valence-electron chi connectivity index (χ0n) is 11.8. The van der Waals surface area contributed by atoms with Gasteiger partial charge in [0.1, 0.15) is 0 Å². The Hall–Kier alpha value is -0.930. The minimum Gasteiger partial charge on any atom is -0.348 e. The minimum atomic E-state index is -2.97. The molecule has 1 saturated heterocycles. The molecule has 0 bridgehead atoms. The molecule has 9 heteroatoms. The van der Waals surface area contributed by atoms with Crippen LogP contribution in [0.5, 0.6) is 0 Å². The molecule has 22 heavy (non-hydrogen) atoms. The summed E-state index contributed by atoms with van der Waals surface area (Å²) in [6, 6.07) is 6.37. The summed E-state index contributed by atoms with van der Waals surface area (Å²) >= 11 is 5.75. The summed E-state index contributed by atoms with van der Waals surface area (Å²) in [6.45, 7) is 0. The molecule has 1 aliphatic heterocycles. The predicted molar refractivity (Wildman–Crippen MR) is 89.3 cm³/mol. The number of hydrogen-bond acceptors (Lipinski definition) is 4. The third kappa shape index (κ3) is 4.79. The second-order valence-electron chi connectivity index (χ2n) is 5.00. The first kappa shape index (κ1) is 17.4. The molecule has 1 atom stereocenters. The Bertz CT molecular complexity index is 635. The van der Waals surface area contributed by atoms with E-state index in [4.69, 9.17) is 12.2 Å². The van der Waals surface area contributed by atoms with Gasteiger partial charge in [-0.15, -0.1) is 0 Å². The average molecular weight is 366 g/mol. The molecule has 0 aliphatic carbocycles. The van der Waals surface area contributed by atoms with Gasteiger partial charge < -0.3 is 10.2 Å². The number of alkyl halides is 2. The van der Waals surface area contributed by atoms with Gasteiger partial charge in [-0.05, 0) is 42.9 Å². The normalized spacial score (nSPS) is 20.1. The van der Waals surface area contributed by atoms with Crippen LogP contribution in [0.25, 0.3) is 0 Å². The Morgan fingerprint density at radius 3 is 2.55 bits per heavy atom. The second-order valence-corrected chi connectivity index (χ2v) is 8.68. The van der Waals surface area contributed by atoms with Crippen molar-refractivity contribution in [3.8, 4) is 0 Å². The number of thioether (sulfide) groups is 1. The molecule has 0 radical (unpaired) electrons. The van der Waals surface area contributed by atoms with Gasteiger partial charge in [-0.25, -0.2) is 8.42 Å². The third-order valence-corrected chi connectivity index (χ3v) is 6.27. The molecule has 1 aromatic carbocycles. The van der Waals surface area contributed by atoms with Gasteiger partial charge in [0.25, 0.3) is 5.76 Å². The van der Waals surface area contributed by atoms with Crippen LogP contribution >= 0.6 is 24.0 Å². The van der Waals surface area contributed by atoms with Gasteiger partial charge in [0.15, 0.2) is 14.9 Å². The largest absolute Gasteiger partial charge is 0.348 e. The number of thiocarbonyl (C=S) groups is 1. The van der Waals surface area contributed by atoms with E-state index in [2.05, 4.69) is 5.32 Å². The van der Waals surface area contributed by atoms with Crippen LogP contribution in [0, 0.1) is 0 Å². The first-order chi connectivity index (χ1) is 10.3. The second kappa shape index (κ2) is 7.10. The summed E-state index contributed by atoms with van der Waals surface area (Å²) in [5.41, 5.74) is 0.677. The fraction of sp³-hybridized carbons (Fsp3) is 0.462. The summed E-state index contributed by atoms with van der Waals surface area (Å²) in [5.74, 6) is -2.16. The Balaban J connectivity index is 1.94. The SMILES string of the molecule is CN(C(=S)Nc1ccc(SC(F)F)cc1)[C@H]1CCS(=O)(=O)C1. The maximum absolute atomic E-state index is 12.2. The van der Waals surface area contributed by atoms with Crippen LogP contribution in [0.4, 0.5) is 14.5 Å². The number of halogens is 2. The fourth-order valence-corrected chi connectivity index (χ4v) is 4.72. The lowest BCUT2D eigenvalue weighted by Gasteiger charge is -2.26. The van der Waals surface area contributed by atoms with Crippen molar-refractivity contribution in [2.24, 2.45) is 0 Å². The highest BCUT2D eigenvalue weighted by Crippen LogP contribution is 2.26. The molecular formula is C13H16F2N2O2S3. The zero-order chi connectivity index (χ0) is 16.3. The van der Waals surface area contributed by atoms with E-state index in [1.165, 1.54) is 0 Å². The van der Waals surface area contributed by atoms with Gasteiger partial charge >= 0.3 is 0 Å². The van der Waals surface area contributed by atoms with Crippen LogP contribution < -0.4 is 5.32 Å². The highest BCUT2D eigenvalue weighted by atomic mass is 32.2. The minimum absolute atomic E-state index is 0.106. The van der Waals surface area contributed by atoms with E-state index in [1.807, 2.05) is 0 Å². The molecule has 4 nitrogen and oxygen atoms in total. The van der Waals surface area contributed by atoms with Crippen molar-refractivity contribution in [2.45, 2.75) is 23.1 Å². The molecule has 1 N–H and O–H groups in total. The van der Waals surface area contributed by atoms with Gasteiger partial charge in [0, 0.05) is 23.7 Å². The van der Waals surface area contributed by atoms with Gasteiger partial charge in [0.05, 0.1) is 11.5 Å². The smallest absolute Gasteiger partial charge is 0.288 e. The monoisotopic (exact) mass is 366 g/mol. The summed E-state index contributed by atoms with van der Waals surface area (Å²) in [6.07, 6.45) is 0.560. The number of nitrogens with one attached hydrogen (secondary N) is 1. The highest BCUT2D eigenvalue weighted by Gasteiger charge is 2.31. The molecule has 0 unspecified atom stereocenters. The summed E-state index contributed by atoms with van der Waals surface area (Å²) in [4.78, 5) is 2.21. The Morgan fingerprint density at radius 1 is 1.41 bits per heavy atom. The Kier molecular flexibility index (Phi) is 5.62. The van der Waals surface area contributed by atoms with Crippen molar-refractivity contribution in [1.82, 2.24) is 4.90 Å². The molecule has 0 amide bonds. The zero-order valence-corrected chi connectivity index (χ0v) is 14.3. The maximum Gasteiger partial charge on any atom is 0.288 e. The van der Waals surface area contributed by atoms with E-state index in [-0.39, 0.29) is 17.5 Å². The van der Waals surface area contributed by atoms with Gasteiger partial charge in [-0.2, -0.15) is 8.78 Å². The number of anilines is 1. The lowest BCUT2D eigenvalue weighted by molar-refractivity contribution is 0.252. The predicted octanol–water partition coefficient (Wildman–Crippen LogP) is 2.82. The Labute approximate surface area is 138 Å². The van der Waals surface area contributed by atoms with E-state index in [9.17, 15) is 17.2 Å². The number of nitrogens with zero attached hydrogens (tertiary/aromatic N) is 1. The van der Waals surface area contributed by atoms with E-state index >= 15 is 0 Å². The van der Waals surface area contributed by atoms with Crippen molar-refractivity contribution in [2.75, 3.05) is 23.9 Å². The van der Waals surface area contributed by atoms with E-state index in [0.717, 1.165) is 0 Å². The third-order valence-electron chi connectivity index (χ3n) is 3.41. The number of sulfone groups is 1. The first-order valence-corrected chi connectivity index (χ1v) is 9.67. The Morgan fingerprint density at radius 2 is 2.05 bits per heavy atom. The molecule has 122 valence electrons. The van der Waals surface area contributed by atoms with Crippen LogP contribution in [-0.2, 0) is 9.84 Å².